The summed E-state index contributed by atoms with van der Waals surface area (Å²) >= 11 is 1.58. The third-order valence-corrected chi connectivity index (χ3v) is 2.62. The van der Waals surface area contributed by atoms with E-state index in [4.69, 9.17) is 5.73 Å². The first kappa shape index (κ1) is 9.92. The number of nitrogens with two attached hydrogens (primary N) is 1. The van der Waals surface area contributed by atoms with Crippen molar-refractivity contribution < 1.29 is 0 Å². The summed E-state index contributed by atoms with van der Waals surface area (Å²) in [5, 5.41) is 5.16. The molecule has 0 atom stereocenters. The van der Waals surface area contributed by atoms with E-state index in [1.807, 2.05) is 29.9 Å². The lowest BCUT2D eigenvalue weighted by atomic mass is 10.3. The van der Waals surface area contributed by atoms with Gasteiger partial charge in [0.15, 0.2) is 0 Å². The first-order valence-corrected chi connectivity index (χ1v) is 5.54. The Bertz CT molecular complexity index is 439. The molecule has 0 aliphatic rings. The lowest BCUT2D eigenvalue weighted by Crippen LogP contribution is -2.05. The maximum atomic E-state index is 5.79. The number of hydrogen-bond donors (Lipinski definition) is 2. The van der Waals surface area contributed by atoms with Crippen molar-refractivity contribution >= 4 is 22.8 Å². The molecule has 2 heterocycles. The maximum Gasteiger partial charge on any atom is 0.149 e. The van der Waals surface area contributed by atoms with Crippen LogP contribution in [0.2, 0.25) is 0 Å². The van der Waals surface area contributed by atoms with Crippen LogP contribution in [-0.2, 0) is 6.54 Å². The lowest BCUT2D eigenvalue weighted by Gasteiger charge is -2.07. The van der Waals surface area contributed by atoms with Crippen LogP contribution < -0.4 is 11.1 Å². The predicted molar refractivity (Wildman–Crippen MR) is 62.8 cm³/mol. The van der Waals surface area contributed by atoms with E-state index < -0.39 is 0 Å². The van der Waals surface area contributed by atoms with Crippen LogP contribution in [0.4, 0.5) is 11.5 Å². The number of nitrogens with one attached hydrogen (secondary N) is 1. The Kier molecular flexibility index (Phi) is 2.82. The minimum Gasteiger partial charge on any atom is -0.396 e. The number of nitrogens with zero attached hydrogens (tertiary/aromatic N) is 2. The van der Waals surface area contributed by atoms with E-state index in [-0.39, 0.29) is 0 Å². The Hall–Kier alpha value is -1.62. The summed E-state index contributed by atoms with van der Waals surface area (Å²) in [6.07, 6.45) is 0. The summed E-state index contributed by atoms with van der Waals surface area (Å²) in [6, 6.07) is 3.75. The SMILES string of the molecule is Cc1ccc(N)c(NCc2cscn2)n1. The maximum absolute atomic E-state index is 5.79. The second-order valence-electron chi connectivity index (χ2n) is 3.22. The first-order chi connectivity index (χ1) is 7.25. The summed E-state index contributed by atoms with van der Waals surface area (Å²) in [4.78, 5) is 8.48. The largest absolute Gasteiger partial charge is 0.396 e. The van der Waals surface area contributed by atoms with Gasteiger partial charge in [-0.15, -0.1) is 11.3 Å². The Morgan fingerprint density at radius 1 is 1.47 bits per heavy atom. The van der Waals surface area contributed by atoms with Gasteiger partial charge in [-0.25, -0.2) is 9.97 Å². The van der Waals surface area contributed by atoms with Gasteiger partial charge in [-0.2, -0.15) is 0 Å². The van der Waals surface area contributed by atoms with Gasteiger partial charge in [0.25, 0.3) is 0 Å². The molecule has 2 rings (SSSR count). The predicted octanol–water partition coefficient (Wildman–Crippen LogP) is 2.04. The van der Waals surface area contributed by atoms with Gasteiger partial charge in [0.2, 0.25) is 0 Å². The van der Waals surface area contributed by atoms with Gasteiger partial charge in [0, 0.05) is 11.1 Å². The van der Waals surface area contributed by atoms with Crippen molar-refractivity contribution in [3.63, 3.8) is 0 Å². The third kappa shape index (κ3) is 2.44. The number of thiazole rings is 1. The standard InChI is InChI=1S/C10H12N4S/c1-7-2-3-9(11)10(14-7)12-4-8-5-15-6-13-8/h2-3,5-6H,4,11H2,1H3,(H,12,14). The molecular weight excluding hydrogens is 208 g/mol. The van der Waals surface area contributed by atoms with Gasteiger partial charge in [0.05, 0.1) is 23.4 Å². The fourth-order valence-electron chi connectivity index (χ4n) is 1.21. The van der Waals surface area contributed by atoms with Gasteiger partial charge in [-0.05, 0) is 19.1 Å². The quantitative estimate of drug-likeness (QED) is 0.830. The molecule has 2 aromatic rings. The van der Waals surface area contributed by atoms with Crippen molar-refractivity contribution in [1.29, 1.82) is 0 Å². The molecule has 0 aromatic carbocycles. The molecule has 0 spiro atoms. The monoisotopic (exact) mass is 220 g/mol. The fraction of sp³-hybridized carbons (Fsp3) is 0.200. The molecule has 0 radical (unpaired) electrons. The molecule has 78 valence electrons. The van der Waals surface area contributed by atoms with Gasteiger partial charge >= 0.3 is 0 Å². The average Bonchev–Trinajstić information content (AvgIpc) is 2.72. The molecular formula is C10H12N4S. The highest BCUT2D eigenvalue weighted by atomic mass is 32.1. The van der Waals surface area contributed by atoms with Crippen molar-refractivity contribution in [2.45, 2.75) is 13.5 Å². The van der Waals surface area contributed by atoms with E-state index in [1.54, 1.807) is 11.3 Å². The number of nitrogen functional groups attached to an aromatic ring is 1. The number of rotatable bonds is 3. The zero-order valence-corrected chi connectivity index (χ0v) is 9.21. The number of hydrogen-bond acceptors (Lipinski definition) is 5. The summed E-state index contributed by atoms with van der Waals surface area (Å²) in [5.41, 5.74) is 10.2. The van der Waals surface area contributed by atoms with Gasteiger partial charge in [-0.3, -0.25) is 0 Å². The second-order valence-corrected chi connectivity index (χ2v) is 3.94. The van der Waals surface area contributed by atoms with E-state index in [2.05, 4.69) is 15.3 Å². The number of aryl methyl sites for hydroxylation is 1. The van der Waals surface area contributed by atoms with E-state index in [0.717, 1.165) is 17.2 Å². The van der Waals surface area contributed by atoms with Crippen molar-refractivity contribution in [2.75, 3.05) is 11.1 Å². The summed E-state index contributed by atoms with van der Waals surface area (Å²) in [7, 11) is 0. The van der Waals surface area contributed by atoms with E-state index in [9.17, 15) is 0 Å². The molecule has 0 aliphatic carbocycles. The highest BCUT2D eigenvalue weighted by Gasteiger charge is 2.01. The average molecular weight is 220 g/mol. The Morgan fingerprint density at radius 2 is 2.33 bits per heavy atom. The van der Waals surface area contributed by atoms with Crippen LogP contribution in [0.15, 0.2) is 23.0 Å². The number of pyridine rings is 1. The molecule has 4 nitrogen and oxygen atoms in total. The van der Waals surface area contributed by atoms with Crippen LogP contribution in [-0.4, -0.2) is 9.97 Å². The van der Waals surface area contributed by atoms with Crippen molar-refractivity contribution in [3.05, 3.63) is 34.4 Å². The van der Waals surface area contributed by atoms with Crippen LogP contribution >= 0.6 is 11.3 Å². The van der Waals surface area contributed by atoms with Crippen LogP contribution in [0.25, 0.3) is 0 Å². The van der Waals surface area contributed by atoms with Crippen LogP contribution in [0, 0.1) is 6.92 Å². The molecule has 0 aliphatic heterocycles. The minimum atomic E-state index is 0.657. The molecule has 15 heavy (non-hydrogen) atoms. The molecule has 0 bridgehead atoms. The Morgan fingerprint density at radius 3 is 3.07 bits per heavy atom. The van der Waals surface area contributed by atoms with Gasteiger partial charge < -0.3 is 11.1 Å². The molecule has 0 fully saturated rings. The molecule has 0 amide bonds. The van der Waals surface area contributed by atoms with Gasteiger partial charge in [0.1, 0.15) is 5.82 Å². The third-order valence-electron chi connectivity index (χ3n) is 1.99. The Balaban J connectivity index is 2.07. The normalized spacial score (nSPS) is 10.2. The second kappa shape index (κ2) is 4.27. The molecule has 5 heteroatoms. The number of anilines is 2. The van der Waals surface area contributed by atoms with E-state index in [1.165, 1.54) is 0 Å². The minimum absolute atomic E-state index is 0.657. The van der Waals surface area contributed by atoms with Crippen LogP contribution in [0.5, 0.6) is 0 Å². The zero-order valence-electron chi connectivity index (χ0n) is 8.40. The molecule has 0 unspecified atom stereocenters. The Labute approximate surface area is 92.2 Å². The highest BCUT2D eigenvalue weighted by Crippen LogP contribution is 2.16. The van der Waals surface area contributed by atoms with Crippen molar-refractivity contribution in [1.82, 2.24) is 9.97 Å². The summed E-state index contributed by atoms with van der Waals surface area (Å²) in [5.74, 6) is 0.725. The van der Waals surface area contributed by atoms with Crippen molar-refractivity contribution in [3.8, 4) is 0 Å². The molecule has 0 saturated heterocycles. The van der Waals surface area contributed by atoms with Crippen LogP contribution in [0.1, 0.15) is 11.4 Å². The summed E-state index contributed by atoms with van der Waals surface area (Å²) in [6.45, 7) is 2.59. The van der Waals surface area contributed by atoms with Crippen molar-refractivity contribution in [2.24, 2.45) is 0 Å². The summed E-state index contributed by atoms with van der Waals surface area (Å²) < 4.78 is 0. The highest BCUT2D eigenvalue weighted by molar-refractivity contribution is 7.07. The topological polar surface area (TPSA) is 63.8 Å². The van der Waals surface area contributed by atoms with Crippen LogP contribution in [0.3, 0.4) is 0 Å². The van der Waals surface area contributed by atoms with E-state index in [0.29, 0.717) is 12.2 Å². The molecule has 2 aromatic heterocycles. The molecule has 0 saturated carbocycles. The first-order valence-electron chi connectivity index (χ1n) is 4.60. The fourth-order valence-corrected chi connectivity index (χ4v) is 1.77. The number of aromatic nitrogens is 2. The smallest absolute Gasteiger partial charge is 0.149 e. The molecule has 3 N–H and O–H groups in total. The van der Waals surface area contributed by atoms with Gasteiger partial charge in [-0.1, -0.05) is 0 Å². The van der Waals surface area contributed by atoms with E-state index >= 15 is 0 Å². The lowest BCUT2D eigenvalue weighted by molar-refractivity contribution is 1.04. The zero-order chi connectivity index (χ0) is 10.7.